The minimum atomic E-state index is 0.117. The van der Waals surface area contributed by atoms with Gasteiger partial charge in [-0.25, -0.2) is 0 Å². The van der Waals surface area contributed by atoms with Gasteiger partial charge in [-0.2, -0.15) is 10.5 Å². The maximum Gasteiger partial charge on any atom is 0.224 e. The first kappa shape index (κ1) is 17.7. The summed E-state index contributed by atoms with van der Waals surface area (Å²) in [6, 6.07) is 19.4. The highest BCUT2D eigenvalue weighted by atomic mass is 16.2. The fourth-order valence-corrected chi connectivity index (χ4v) is 3.21. The van der Waals surface area contributed by atoms with Crippen LogP contribution in [-0.2, 0) is 17.9 Å². The Kier molecular flexibility index (Phi) is 5.63. The standard InChI is InChI=1S/C21H20N4O/c22-13-17-4-3-5-18(12-17)15-24-9-8-21(26)25(11-10-24)16-20-7-2-1-6-19(20)14-23/h1-7,12H,8-11,15-16H2. The van der Waals surface area contributed by atoms with Gasteiger partial charge in [0.1, 0.15) is 0 Å². The van der Waals surface area contributed by atoms with Gasteiger partial charge < -0.3 is 4.90 Å². The highest BCUT2D eigenvalue weighted by Crippen LogP contribution is 2.15. The van der Waals surface area contributed by atoms with Gasteiger partial charge >= 0.3 is 0 Å². The molecule has 2 aromatic carbocycles. The summed E-state index contributed by atoms with van der Waals surface area (Å²) in [4.78, 5) is 16.6. The van der Waals surface area contributed by atoms with Crippen molar-refractivity contribution in [2.24, 2.45) is 0 Å². The number of nitriles is 2. The third kappa shape index (κ3) is 4.27. The number of rotatable bonds is 4. The van der Waals surface area contributed by atoms with Crippen LogP contribution in [0.15, 0.2) is 48.5 Å². The Hall–Kier alpha value is -3.15. The zero-order chi connectivity index (χ0) is 18.4. The van der Waals surface area contributed by atoms with Crippen molar-refractivity contribution in [3.8, 4) is 12.1 Å². The lowest BCUT2D eigenvalue weighted by atomic mass is 10.1. The molecule has 0 atom stereocenters. The molecular weight excluding hydrogens is 324 g/mol. The number of hydrogen-bond donors (Lipinski definition) is 0. The Morgan fingerprint density at radius 2 is 1.77 bits per heavy atom. The van der Waals surface area contributed by atoms with Crippen molar-refractivity contribution < 1.29 is 4.79 Å². The molecule has 0 radical (unpaired) electrons. The lowest BCUT2D eigenvalue weighted by Crippen LogP contribution is -2.33. The highest BCUT2D eigenvalue weighted by Gasteiger charge is 2.21. The quantitative estimate of drug-likeness (QED) is 0.855. The fourth-order valence-electron chi connectivity index (χ4n) is 3.21. The van der Waals surface area contributed by atoms with E-state index in [1.54, 1.807) is 12.1 Å². The second-order valence-corrected chi connectivity index (χ2v) is 6.42. The topological polar surface area (TPSA) is 71.1 Å². The number of amides is 1. The van der Waals surface area contributed by atoms with E-state index in [0.29, 0.717) is 37.2 Å². The Bertz CT molecular complexity index is 878. The summed E-state index contributed by atoms with van der Waals surface area (Å²) in [7, 11) is 0. The van der Waals surface area contributed by atoms with Gasteiger partial charge in [-0.15, -0.1) is 0 Å². The molecule has 0 unspecified atom stereocenters. The van der Waals surface area contributed by atoms with E-state index in [2.05, 4.69) is 17.0 Å². The molecule has 5 nitrogen and oxygen atoms in total. The summed E-state index contributed by atoms with van der Waals surface area (Å²) in [6.45, 7) is 3.31. The van der Waals surface area contributed by atoms with Crippen LogP contribution in [0, 0.1) is 22.7 Å². The van der Waals surface area contributed by atoms with E-state index in [1.165, 1.54) is 0 Å². The third-order valence-electron chi connectivity index (χ3n) is 4.64. The number of carbonyl (C=O) groups excluding carboxylic acids is 1. The maximum atomic E-state index is 12.5. The summed E-state index contributed by atoms with van der Waals surface area (Å²) in [5.41, 5.74) is 3.25. The van der Waals surface area contributed by atoms with E-state index >= 15 is 0 Å². The molecule has 1 aliphatic rings. The van der Waals surface area contributed by atoms with E-state index in [1.807, 2.05) is 41.3 Å². The number of hydrogen-bond acceptors (Lipinski definition) is 4. The Labute approximate surface area is 153 Å². The van der Waals surface area contributed by atoms with Gasteiger partial charge in [0.2, 0.25) is 5.91 Å². The average molecular weight is 344 g/mol. The second kappa shape index (κ2) is 8.29. The molecule has 2 aromatic rings. The first-order valence-corrected chi connectivity index (χ1v) is 8.67. The molecule has 0 N–H and O–H groups in total. The van der Waals surface area contributed by atoms with Gasteiger partial charge in [-0.05, 0) is 29.3 Å². The van der Waals surface area contributed by atoms with Crippen molar-refractivity contribution in [1.29, 1.82) is 10.5 Å². The van der Waals surface area contributed by atoms with Crippen molar-refractivity contribution in [2.75, 3.05) is 19.6 Å². The molecule has 0 bridgehead atoms. The molecule has 0 saturated carbocycles. The van der Waals surface area contributed by atoms with Crippen molar-refractivity contribution in [2.45, 2.75) is 19.5 Å². The molecule has 1 amide bonds. The molecule has 26 heavy (non-hydrogen) atoms. The van der Waals surface area contributed by atoms with Crippen molar-refractivity contribution >= 4 is 5.91 Å². The number of nitrogens with zero attached hydrogens (tertiary/aromatic N) is 4. The summed E-state index contributed by atoms with van der Waals surface area (Å²) >= 11 is 0. The van der Waals surface area contributed by atoms with E-state index in [4.69, 9.17) is 5.26 Å². The minimum Gasteiger partial charge on any atom is -0.337 e. The summed E-state index contributed by atoms with van der Waals surface area (Å²) in [5, 5.41) is 18.3. The second-order valence-electron chi connectivity index (χ2n) is 6.42. The largest absolute Gasteiger partial charge is 0.337 e. The zero-order valence-electron chi connectivity index (χ0n) is 14.6. The molecule has 5 heteroatoms. The smallest absolute Gasteiger partial charge is 0.224 e. The molecule has 1 saturated heterocycles. The molecule has 130 valence electrons. The maximum absolute atomic E-state index is 12.5. The van der Waals surface area contributed by atoms with Gasteiger partial charge in [0.15, 0.2) is 0 Å². The van der Waals surface area contributed by atoms with Gasteiger partial charge in [0.25, 0.3) is 0 Å². The first-order valence-electron chi connectivity index (χ1n) is 8.67. The van der Waals surface area contributed by atoms with Gasteiger partial charge in [0.05, 0.1) is 23.3 Å². The molecule has 3 rings (SSSR count). The van der Waals surface area contributed by atoms with E-state index in [-0.39, 0.29) is 5.91 Å². The summed E-state index contributed by atoms with van der Waals surface area (Å²) in [5.74, 6) is 0.117. The number of benzene rings is 2. The molecule has 0 spiro atoms. The Morgan fingerprint density at radius 1 is 0.923 bits per heavy atom. The monoisotopic (exact) mass is 344 g/mol. The summed E-state index contributed by atoms with van der Waals surface area (Å²) < 4.78 is 0. The Morgan fingerprint density at radius 3 is 2.58 bits per heavy atom. The zero-order valence-corrected chi connectivity index (χ0v) is 14.6. The molecule has 0 aliphatic carbocycles. The van der Waals surface area contributed by atoms with Crippen LogP contribution >= 0.6 is 0 Å². The van der Waals surface area contributed by atoms with Crippen molar-refractivity contribution in [3.05, 3.63) is 70.8 Å². The first-order chi connectivity index (χ1) is 12.7. The van der Waals surface area contributed by atoms with Crippen LogP contribution in [-0.4, -0.2) is 35.3 Å². The molecular formula is C21H20N4O. The van der Waals surface area contributed by atoms with Gasteiger partial charge in [-0.3, -0.25) is 9.69 Å². The predicted molar refractivity (Wildman–Crippen MR) is 97.6 cm³/mol. The summed E-state index contributed by atoms with van der Waals surface area (Å²) in [6.07, 6.45) is 0.465. The predicted octanol–water partition coefficient (Wildman–Crippen LogP) is 2.66. The third-order valence-corrected chi connectivity index (χ3v) is 4.64. The van der Waals surface area contributed by atoms with Crippen molar-refractivity contribution in [1.82, 2.24) is 9.80 Å². The minimum absolute atomic E-state index is 0.117. The normalized spacial score (nSPS) is 15.2. The van der Waals surface area contributed by atoms with Crippen molar-refractivity contribution in [3.63, 3.8) is 0 Å². The SMILES string of the molecule is N#Cc1cccc(CN2CCC(=O)N(Cc3ccccc3C#N)CC2)c1. The lowest BCUT2D eigenvalue weighted by Gasteiger charge is -2.22. The fraction of sp³-hybridized carbons (Fsp3) is 0.286. The molecule has 1 heterocycles. The molecule has 1 aliphatic heterocycles. The molecule has 1 fully saturated rings. The van der Waals surface area contributed by atoms with Crippen LogP contribution in [0.4, 0.5) is 0 Å². The van der Waals surface area contributed by atoms with Gasteiger partial charge in [0, 0.05) is 39.1 Å². The lowest BCUT2D eigenvalue weighted by molar-refractivity contribution is -0.130. The van der Waals surface area contributed by atoms with Crippen LogP contribution in [0.3, 0.4) is 0 Å². The van der Waals surface area contributed by atoms with Crippen LogP contribution in [0.5, 0.6) is 0 Å². The van der Waals surface area contributed by atoms with Crippen LogP contribution in [0.2, 0.25) is 0 Å². The Balaban J connectivity index is 1.65. The van der Waals surface area contributed by atoms with E-state index in [0.717, 1.165) is 24.2 Å². The van der Waals surface area contributed by atoms with Crippen LogP contribution in [0.1, 0.15) is 28.7 Å². The van der Waals surface area contributed by atoms with Crippen LogP contribution in [0.25, 0.3) is 0 Å². The van der Waals surface area contributed by atoms with E-state index in [9.17, 15) is 10.1 Å². The average Bonchev–Trinajstić information content (AvgIpc) is 2.85. The number of carbonyl (C=O) groups is 1. The molecule has 0 aromatic heterocycles. The van der Waals surface area contributed by atoms with Crippen LogP contribution < -0.4 is 0 Å². The van der Waals surface area contributed by atoms with Gasteiger partial charge in [-0.1, -0.05) is 30.3 Å². The van der Waals surface area contributed by atoms with E-state index < -0.39 is 0 Å². The highest BCUT2D eigenvalue weighted by molar-refractivity contribution is 5.76.